The zero-order valence-corrected chi connectivity index (χ0v) is 20.1. The van der Waals surface area contributed by atoms with E-state index in [1.54, 1.807) is 24.1 Å². The molecule has 0 radical (unpaired) electrons. The SMILES string of the molecule is COCn1cc([C@@H]2CN(c3nc(-c4ccc(Cl)cc4F)c4cnn(C)c(=O)c4n3)C[C@@H](C)O2)cn1. The highest BCUT2D eigenvalue weighted by Crippen LogP contribution is 2.32. The second kappa shape index (κ2) is 9.33. The summed E-state index contributed by atoms with van der Waals surface area (Å²) in [6, 6.07) is 4.33. The monoisotopic (exact) mass is 499 g/mol. The number of nitrogens with zero attached hydrogens (tertiary/aromatic N) is 7. The number of fused-ring (bicyclic) bond motifs is 1. The maximum atomic E-state index is 14.9. The lowest BCUT2D eigenvalue weighted by molar-refractivity contribution is -0.0179. The van der Waals surface area contributed by atoms with Crippen LogP contribution in [-0.4, -0.2) is 55.8 Å². The third-order valence-electron chi connectivity index (χ3n) is 5.81. The van der Waals surface area contributed by atoms with Crippen LogP contribution in [0.5, 0.6) is 0 Å². The van der Waals surface area contributed by atoms with Crippen LogP contribution in [-0.2, 0) is 23.3 Å². The summed E-state index contributed by atoms with van der Waals surface area (Å²) in [7, 11) is 3.14. The van der Waals surface area contributed by atoms with Crippen molar-refractivity contribution in [3.8, 4) is 11.3 Å². The van der Waals surface area contributed by atoms with E-state index < -0.39 is 11.4 Å². The van der Waals surface area contributed by atoms with Crippen molar-refractivity contribution < 1.29 is 13.9 Å². The third-order valence-corrected chi connectivity index (χ3v) is 6.04. The molecular weight excluding hydrogens is 477 g/mol. The van der Waals surface area contributed by atoms with E-state index in [2.05, 4.69) is 15.2 Å². The average Bonchev–Trinajstić information content (AvgIpc) is 3.30. The van der Waals surface area contributed by atoms with Gasteiger partial charge in [-0.1, -0.05) is 11.6 Å². The summed E-state index contributed by atoms with van der Waals surface area (Å²) >= 11 is 5.96. The van der Waals surface area contributed by atoms with Crippen LogP contribution in [0.15, 0.2) is 41.6 Å². The molecule has 1 aliphatic rings. The van der Waals surface area contributed by atoms with Gasteiger partial charge in [0.1, 0.15) is 24.2 Å². The van der Waals surface area contributed by atoms with Gasteiger partial charge in [0, 0.05) is 43.0 Å². The molecule has 0 spiro atoms. The van der Waals surface area contributed by atoms with Crippen LogP contribution in [0.4, 0.5) is 10.3 Å². The van der Waals surface area contributed by atoms with Gasteiger partial charge < -0.3 is 14.4 Å². The number of hydrogen-bond donors (Lipinski definition) is 0. The van der Waals surface area contributed by atoms with Gasteiger partial charge in [-0.15, -0.1) is 0 Å². The minimum Gasteiger partial charge on any atom is -0.367 e. The van der Waals surface area contributed by atoms with Crippen LogP contribution >= 0.6 is 11.6 Å². The molecule has 0 aliphatic carbocycles. The van der Waals surface area contributed by atoms with Crippen LogP contribution < -0.4 is 10.5 Å². The Morgan fingerprint density at radius 1 is 1.23 bits per heavy atom. The summed E-state index contributed by atoms with van der Waals surface area (Å²) in [4.78, 5) is 24.2. The van der Waals surface area contributed by atoms with Gasteiger partial charge in [-0.3, -0.25) is 4.79 Å². The van der Waals surface area contributed by atoms with Crippen LogP contribution in [0, 0.1) is 5.82 Å². The zero-order valence-electron chi connectivity index (χ0n) is 19.4. The molecule has 5 rings (SSSR count). The van der Waals surface area contributed by atoms with Gasteiger partial charge in [-0.2, -0.15) is 10.2 Å². The quantitative estimate of drug-likeness (QED) is 0.413. The minimum atomic E-state index is -0.553. The smallest absolute Gasteiger partial charge is 0.293 e. The number of anilines is 1. The molecule has 1 fully saturated rings. The number of ether oxygens (including phenoxy) is 2. The normalized spacial score (nSPS) is 18.4. The zero-order chi connectivity index (χ0) is 24.7. The van der Waals surface area contributed by atoms with Crippen molar-refractivity contribution in [1.82, 2.24) is 29.5 Å². The molecule has 182 valence electrons. The van der Waals surface area contributed by atoms with Crippen LogP contribution in [0.3, 0.4) is 0 Å². The van der Waals surface area contributed by atoms with E-state index in [9.17, 15) is 9.18 Å². The molecule has 1 saturated heterocycles. The number of hydrogen-bond acceptors (Lipinski definition) is 8. The molecule has 3 aromatic heterocycles. The van der Waals surface area contributed by atoms with Crippen molar-refractivity contribution in [2.45, 2.75) is 25.9 Å². The summed E-state index contributed by atoms with van der Waals surface area (Å²) in [6.45, 7) is 3.18. The highest BCUT2D eigenvalue weighted by atomic mass is 35.5. The second-order valence-corrected chi connectivity index (χ2v) is 8.84. The molecule has 0 unspecified atom stereocenters. The minimum absolute atomic E-state index is 0.153. The standard InChI is InChI=1S/C23H23ClFN7O3/c1-13-9-31(11-19(35-13)14-7-27-32(10-14)12-34-3)23-28-20(16-5-4-15(24)6-18(16)25)17-8-26-30(2)22(33)21(17)29-23/h4-8,10,13,19H,9,11-12H2,1-3H3/t13-,19+/m1/s1. The third kappa shape index (κ3) is 4.49. The lowest BCUT2D eigenvalue weighted by atomic mass is 10.1. The molecule has 0 N–H and O–H groups in total. The van der Waals surface area contributed by atoms with Crippen molar-refractivity contribution in [3.63, 3.8) is 0 Å². The Morgan fingerprint density at radius 3 is 2.83 bits per heavy atom. The van der Waals surface area contributed by atoms with Gasteiger partial charge in [0.15, 0.2) is 0 Å². The highest BCUT2D eigenvalue weighted by molar-refractivity contribution is 6.30. The Kier molecular flexibility index (Phi) is 6.22. The van der Waals surface area contributed by atoms with Gasteiger partial charge >= 0.3 is 0 Å². The average molecular weight is 500 g/mol. The first-order chi connectivity index (χ1) is 16.8. The molecular formula is C23H23ClFN7O3. The predicted molar refractivity (Wildman–Crippen MR) is 128 cm³/mol. The van der Waals surface area contributed by atoms with E-state index in [0.29, 0.717) is 31.2 Å². The van der Waals surface area contributed by atoms with Gasteiger partial charge in [0.25, 0.3) is 5.56 Å². The topological polar surface area (TPSA) is 100 Å². The maximum absolute atomic E-state index is 14.9. The summed E-state index contributed by atoms with van der Waals surface area (Å²) in [5.74, 6) is -0.252. The number of aryl methyl sites for hydroxylation is 1. The van der Waals surface area contributed by atoms with Crippen LogP contribution in [0.25, 0.3) is 22.2 Å². The molecule has 4 aromatic rings. The molecule has 2 atom stereocenters. The molecule has 1 aromatic carbocycles. The summed E-state index contributed by atoms with van der Waals surface area (Å²) in [6.07, 6.45) is 4.60. The molecule has 4 heterocycles. The van der Waals surface area contributed by atoms with E-state index in [0.717, 1.165) is 5.56 Å². The lowest BCUT2D eigenvalue weighted by Crippen LogP contribution is -2.43. The van der Waals surface area contributed by atoms with Crippen LogP contribution in [0.2, 0.25) is 5.02 Å². The first kappa shape index (κ1) is 23.3. The Morgan fingerprint density at radius 2 is 2.06 bits per heavy atom. The lowest BCUT2D eigenvalue weighted by Gasteiger charge is -2.36. The number of halogens is 2. The fourth-order valence-electron chi connectivity index (χ4n) is 4.17. The van der Waals surface area contributed by atoms with Crippen molar-refractivity contribution in [1.29, 1.82) is 0 Å². The number of rotatable bonds is 5. The van der Waals surface area contributed by atoms with E-state index >= 15 is 0 Å². The highest BCUT2D eigenvalue weighted by Gasteiger charge is 2.30. The predicted octanol–water partition coefficient (Wildman–Crippen LogP) is 2.95. The van der Waals surface area contributed by atoms with Crippen molar-refractivity contribution >= 4 is 28.5 Å². The van der Waals surface area contributed by atoms with E-state index in [4.69, 9.17) is 26.1 Å². The Hall–Kier alpha value is -3.41. The van der Waals surface area contributed by atoms with E-state index in [1.165, 1.54) is 30.1 Å². The van der Waals surface area contributed by atoms with Crippen molar-refractivity contribution in [2.24, 2.45) is 7.05 Å². The fraction of sp³-hybridized carbons (Fsp3) is 0.348. The van der Waals surface area contributed by atoms with Gasteiger partial charge in [-0.05, 0) is 25.1 Å². The van der Waals surface area contributed by atoms with E-state index in [1.807, 2.05) is 18.0 Å². The van der Waals surface area contributed by atoms with Crippen LogP contribution in [0.1, 0.15) is 18.6 Å². The molecule has 1 aliphatic heterocycles. The Bertz CT molecular complexity index is 1460. The van der Waals surface area contributed by atoms with E-state index in [-0.39, 0.29) is 34.0 Å². The largest absolute Gasteiger partial charge is 0.367 e. The molecule has 35 heavy (non-hydrogen) atoms. The van der Waals surface area contributed by atoms with Crippen molar-refractivity contribution in [2.75, 3.05) is 25.1 Å². The maximum Gasteiger partial charge on any atom is 0.293 e. The first-order valence-electron chi connectivity index (χ1n) is 10.9. The summed E-state index contributed by atoms with van der Waals surface area (Å²) < 4.78 is 29.1. The fourth-order valence-corrected chi connectivity index (χ4v) is 4.33. The summed E-state index contributed by atoms with van der Waals surface area (Å²) in [5, 5.41) is 9.00. The molecule has 0 bridgehead atoms. The molecule has 0 amide bonds. The Balaban J connectivity index is 1.61. The number of methoxy groups -OCH3 is 1. The molecule has 10 nitrogen and oxygen atoms in total. The van der Waals surface area contributed by atoms with Crippen molar-refractivity contribution in [3.05, 3.63) is 63.5 Å². The summed E-state index contributed by atoms with van der Waals surface area (Å²) in [5.41, 5.74) is 1.11. The number of aromatic nitrogens is 6. The number of benzene rings is 1. The molecule has 12 heteroatoms. The van der Waals surface area contributed by atoms with Gasteiger partial charge in [0.05, 0.1) is 36.1 Å². The van der Waals surface area contributed by atoms with Gasteiger partial charge in [-0.25, -0.2) is 23.7 Å². The Labute approximate surface area is 204 Å². The second-order valence-electron chi connectivity index (χ2n) is 8.40. The van der Waals surface area contributed by atoms with Gasteiger partial charge in [0.2, 0.25) is 5.95 Å². The number of morpholine rings is 1. The first-order valence-corrected chi connectivity index (χ1v) is 11.3. The molecule has 0 saturated carbocycles.